The van der Waals surface area contributed by atoms with E-state index in [-0.39, 0.29) is 5.91 Å². The lowest BCUT2D eigenvalue weighted by Crippen LogP contribution is -2.35. The molecule has 3 heteroatoms. The van der Waals surface area contributed by atoms with Gasteiger partial charge in [-0.15, -0.1) is 0 Å². The summed E-state index contributed by atoms with van der Waals surface area (Å²) < 4.78 is 1.09. The van der Waals surface area contributed by atoms with Gasteiger partial charge in [0.25, 0.3) is 0 Å². The number of carbonyl (C=O) groups excluding carboxylic acids is 1. The van der Waals surface area contributed by atoms with Crippen molar-refractivity contribution in [1.29, 1.82) is 0 Å². The molecule has 0 aromatic heterocycles. The molecule has 1 aliphatic rings. The van der Waals surface area contributed by atoms with E-state index >= 15 is 0 Å². The molecule has 1 amide bonds. The van der Waals surface area contributed by atoms with E-state index in [0.29, 0.717) is 6.42 Å². The van der Waals surface area contributed by atoms with Crippen LogP contribution in [0.25, 0.3) is 0 Å². The topological polar surface area (TPSA) is 20.3 Å². The molecule has 0 saturated carbocycles. The smallest absolute Gasteiger partial charge is 0.227 e. The van der Waals surface area contributed by atoms with E-state index in [9.17, 15) is 4.79 Å². The Balaban J connectivity index is 2.29. The second-order valence-electron chi connectivity index (χ2n) is 4.17. The highest BCUT2D eigenvalue weighted by molar-refractivity contribution is 9.10. The molecule has 0 aliphatic carbocycles. The Labute approximate surface area is 105 Å². The van der Waals surface area contributed by atoms with Gasteiger partial charge >= 0.3 is 0 Å². The highest BCUT2D eigenvalue weighted by Crippen LogP contribution is 2.30. The Morgan fingerprint density at radius 3 is 2.94 bits per heavy atom. The minimum absolute atomic E-state index is 0.267. The summed E-state index contributed by atoms with van der Waals surface area (Å²) in [4.78, 5) is 13.8. The van der Waals surface area contributed by atoms with Gasteiger partial charge in [-0.25, -0.2) is 0 Å². The number of rotatable bonds is 3. The Hall–Kier alpha value is -0.830. The maximum Gasteiger partial charge on any atom is 0.227 e. The molecule has 0 atom stereocenters. The van der Waals surface area contributed by atoms with Crippen molar-refractivity contribution >= 4 is 27.5 Å². The summed E-state index contributed by atoms with van der Waals surface area (Å²) in [5.41, 5.74) is 2.39. The van der Waals surface area contributed by atoms with Crippen LogP contribution in [0.5, 0.6) is 0 Å². The summed E-state index contributed by atoms with van der Waals surface area (Å²) in [7, 11) is 0. The minimum atomic E-state index is 0.267. The van der Waals surface area contributed by atoms with E-state index in [1.807, 2.05) is 17.0 Å². The van der Waals surface area contributed by atoms with Crippen molar-refractivity contribution in [1.82, 2.24) is 0 Å². The average Bonchev–Trinajstić information content (AvgIpc) is 2.28. The molecule has 0 spiro atoms. The fourth-order valence-electron chi connectivity index (χ4n) is 2.09. The third-order valence-corrected chi connectivity index (χ3v) is 3.47. The summed E-state index contributed by atoms with van der Waals surface area (Å²) in [6, 6.07) is 6.18. The Morgan fingerprint density at radius 1 is 1.38 bits per heavy atom. The largest absolute Gasteiger partial charge is 0.312 e. The number of aryl methyl sites for hydroxylation is 1. The molecule has 1 aromatic carbocycles. The minimum Gasteiger partial charge on any atom is -0.312 e. The van der Waals surface area contributed by atoms with Crippen LogP contribution in [-0.4, -0.2) is 12.5 Å². The number of hydrogen-bond donors (Lipinski definition) is 0. The van der Waals surface area contributed by atoms with Crippen LogP contribution in [0, 0.1) is 0 Å². The lowest BCUT2D eigenvalue weighted by Gasteiger charge is -2.29. The SMILES string of the molecule is CCCCN1C(=O)CCc2cc(Br)ccc21. The molecule has 1 aromatic rings. The number of amides is 1. The predicted molar refractivity (Wildman–Crippen MR) is 69.7 cm³/mol. The summed E-state index contributed by atoms with van der Waals surface area (Å²) >= 11 is 3.47. The first-order chi connectivity index (χ1) is 7.72. The molecular weight excluding hydrogens is 266 g/mol. The second kappa shape index (κ2) is 5.00. The van der Waals surface area contributed by atoms with Crippen molar-refractivity contribution in [3.63, 3.8) is 0 Å². The van der Waals surface area contributed by atoms with Gasteiger partial charge in [0, 0.05) is 23.1 Å². The first kappa shape index (κ1) is 11.6. The van der Waals surface area contributed by atoms with E-state index < -0.39 is 0 Å². The zero-order valence-corrected chi connectivity index (χ0v) is 11.1. The van der Waals surface area contributed by atoms with E-state index in [4.69, 9.17) is 0 Å². The summed E-state index contributed by atoms with van der Waals surface area (Å²) in [6.45, 7) is 3.00. The number of fused-ring (bicyclic) bond motifs is 1. The monoisotopic (exact) mass is 281 g/mol. The molecular formula is C13H16BrNO. The molecule has 0 bridgehead atoms. The third kappa shape index (κ3) is 2.29. The summed E-state index contributed by atoms with van der Waals surface area (Å²) in [5.74, 6) is 0.267. The second-order valence-corrected chi connectivity index (χ2v) is 5.09. The highest BCUT2D eigenvalue weighted by Gasteiger charge is 2.23. The van der Waals surface area contributed by atoms with Crippen molar-refractivity contribution in [3.05, 3.63) is 28.2 Å². The average molecular weight is 282 g/mol. The van der Waals surface area contributed by atoms with Gasteiger partial charge in [0.1, 0.15) is 0 Å². The Bertz CT molecular complexity index is 403. The summed E-state index contributed by atoms with van der Waals surface area (Å²) in [6.07, 6.45) is 3.71. The number of unbranched alkanes of at least 4 members (excludes halogenated alkanes) is 1. The van der Waals surface area contributed by atoms with E-state index in [0.717, 1.165) is 36.0 Å². The molecule has 16 heavy (non-hydrogen) atoms. The number of nitrogens with zero attached hydrogens (tertiary/aromatic N) is 1. The van der Waals surface area contributed by atoms with Gasteiger partial charge in [0.05, 0.1) is 0 Å². The molecule has 0 unspecified atom stereocenters. The van der Waals surface area contributed by atoms with Crippen LogP contribution in [0.3, 0.4) is 0 Å². The summed E-state index contributed by atoms with van der Waals surface area (Å²) in [5, 5.41) is 0. The third-order valence-electron chi connectivity index (χ3n) is 2.98. The van der Waals surface area contributed by atoms with Gasteiger partial charge in [-0.1, -0.05) is 29.3 Å². The van der Waals surface area contributed by atoms with Gasteiger partial charge in [-0.05, 0) is 36.6 Å². The first-order valence-electron chi connectivity index (χ1n) is 5.81. The maximum atomic E-state index is 11.9. The van der Waals surface area contributed by atoms with Gasteiger partial charge in [-0.2, -0.15) is 0 Å². The highest BCUT2D eigenvalue weighted by atomic mass is 79.9. The number of halogens is 1. The van der Waals surface area contributed by atoms with Crippen molar-refractivity contribution in [3.8, 4) is 0 Å². The van der Waals surface area contributed by atoms with Crippen LogP contribution >= 0.6 is 15.9 Å². The number of benzene rings is 1. The maximum absolute atomic E-state index is 11.9. The normalized spacial score (nSPS) is 15.1. The fraction of sp³-hybridized carbons (Fsp3) is 0.462. The van der Waals surface area contributed by atoms with Gasteiger partial charge in [0.15, 0.2) is 0 Å². The molecule has 1 aliphatic heterocycles. The predicted octanol–water partition coefficient (Wildman–Crippen LogP) is 3.53. The van der Waals surface area contributed by atoms with Crippen LogP contribution in [0.15, 0.2) is 22.7 Å². The van der Waals surface area contributed by atoms with Crippen LogP contribution in [0.2, 0.25) is 0 Å². The molecule has 0 fully saturated rings. The van der Waals surface area contributed by atoms with Crippen LogP contribution < -0.4 is 4.90 Å². The number of carbonyl (C=O) groups is 1. The van der Waals surface area contributed by atoms with E-state index in [1.54, 1.807) is 0 Å². The zero-order valence-electron chi connectivity index (χ0n) is 9.50. The zero-order chi connectivity index (χ0) is 11.5. The number of hydrogen-bond acceptors (Lipinski definition) is 1. The van der Waals surface area contributed by atoms with Crippen LogP contribution in [-0.2, 0) is 11.2 Å². The van der Waals surface area contributed by atoms with Gasteiger partial charge < -0.3 is 4.90 Å². The molecule has 86 valence electrons. The molecule has 0 N–H and O–H groups in total. The van der Waals surface area contributed by atoms with Gasteiger partial charge in [-0.3, -0.25) is 4.79 Å². The molecule has 2 nitrogen and oxygen atoms in total. The van der Waals surface area contributed by atoms with E-state index in [1.165, 1.54) is 5.56 Å². The van der Waals surface area contributed by atoms with Crippen molar-refractivity contribution in [2.45, 2.75) is 32.6 Å². The fourth-order valence-corrected chi connectivity index (χ4v) is 2.50. The lowest BCUT2D eigenvalue weighted by atomic mass is 10.0. The molecule has 0 radical (unpaired) electrons. The van der Waals surface area contributed by atoms with Gasteiger partial charge in [0.2, 0.25) is 5.91 Å². The van der Waals surface area contributed by atoms with Crippen molar-refractivity contribution in [2.24, 2.45) is 0 Å². The molecule has 0 saturated heterocycles. The quantitative estimate of drug-likeness (QED) is 0.830. The number of anilines is 1. The van der Waals surface area contributed by atoms with E-state index in [2.05, 4.69) is 28.9 Å². The lowest BCUT2D eigenvalue weighted by molar-refractivity contribution is -0.118. The molecule has 2 rings (SSSR count). The van der Waals surface area contributed by atoms with Crippen molar-refractivity contribution < 1.29 is 4.79 Å². The standard InChI is InChI=1S/C13H16BrNO/c1-2-3-8-15-12-6-5-11(14)9-10(12)4-7-13(15)16/h5-6,9H,2-4,7-8H2,1H3. The first-order valence-corrected chi connectivity index (χ1v) is 6.60. The van der Waals surface area contributed by atoms with Crippen LogP contribution in [0.1, 0.15) is 31.7 Å². The molecule has 1 heterocycles. The Kier molecular flexibility index (Phi) is 3.64. The Morgan fingerprint density at radius 2 is 2.19 bits per heavy atom. The van der Waals surface area contributed by atoms with Crippen LogP contribution in [0.4, 0.5) is 5.69 Å². The van der Waals surface area contributed by atoms with Crippen molar-refractivity contribution in [2.75, 3.05) is 11.4 Å².